The van der Waals surface area contributed by atoms with E-state index in [9.17, 15) is 4.79 Å². The van der Waals surface area contributed by atoms with Gasteiger partial charge in [0.25, 0.3) is 0 Å². The third-order valence-corrected chi connectivity index (χ3v) is 2.73. The van der Waals surface area contributed by atoms with Gasteiger partial charge in [0.15, 0.2) is 5.12 Å². The molecule has 1 unspecified atom stereocenters. The molecule has 1 radical (unpaired) electrons. The fraction of sp³-hybridized carbons (Fsp3) is 0.714. The second-order valence-corrected chi connectivity index (χ2v) is 3.39. The molecule has 51 valence electrons. The van der Waals surface area contributed by atoms with Gasteiger partial charge in [-0.15, -0.1) is 0 Å². The van der Waals surface area contributed by atoms with Gasteiger partial charge in [0.1, 0.15) is 0 Å². The third-order valence-electron chi connectivity index (χ3n) is 1.62. The molecule has 1 atom stereocenters. The summed E-state index contributed by atoms with van der Waals surface area (Å²) in [6.07, 6.45) is 3.04. The maximum absolute atomic E-state index is 10.9. The van der Waals surface area contributed by atoms with Gasteiger partial charge in [-0.3, -0.25) is 4.79 Å². The van der Waals surface area contributed by atoms with Crippen LogP contribution in [0.1, 0.15) is 19.3 Å². The van der Waals surface area contributed by atoms with Crippen LogP contribution < -0.4 is 0 Å². The predicted molar refractivity (Wildman–Crippen MR) is 40.2 cm³/mol. The van der Waals surface area contributed by atoms with E-state index in [-0.39, 0.29) is 5.92 Å². The lowest BCUT2D eigenvalue weighted by Gasteiger charge is -2.17. The van der Waals surface area contributed by atoms with Gasteiger partial charge in [0, 0.05) is 11.7 Å². The van der Waals surface area contributed by atoms with Crippen LogP contribution in [0.15, 0.2) is 0 Å². The SMILES string of the molecule is [CH2]CC1CCCSC1=O. The van der Waals surface area contributed by atoms with Crippen LogP contribution in [0.2, 0.25) is 0 Å². The first-order valence-electron chi connectivity index (χ1n) is 3.30. The van der Waals surface area contributed by atoms with Crippen molar-refractivity contribution < 1.29 is 4.79 Å². The summed E-state index contributed by atoms with van der Waals surface area (Å²) in [4.78, 5) is 10.9. The van der Waals surface area contributed by atoms with E-state index in [0.29, 0.717) is 5.12 Å². The summed E-state index contributed by atoms with van der Waals surface area (Å²) in [7, 11) is 0. The number of carbonyl (C=O) groups is 1. The third kappa shape index (κ3) is 1.71. The molecule has 0 saturated carbocycles. The lowest BCUT2D eigenvalue weighted by Crippen LogP contribution is -2.15. The molecule has 0 aliphatic carbocycles. The Morgan fingerprint density at radius 3 is 3.00 bits per heavy atom. The van der Waals surface area contributed by atoms with E-state index < -0.39 is 0 Å². The summed E-state index contributed by atoms with van der Waals surface area (Å²) in [6.45, 7) is 3.73. The topological polar surface area (TPSA) is 17.1 Å². The van der Waals surface area contributed by atoms with E-state index in [0.717, 1.165) is 18.6 Å². The fourth-order valence-corrected chi connectivity index (χ4v) is 1.98. The van der Waals surface area contributed by atoms with Gasteiger partial charge in [0.2, 0.25) is 0 Å². The Hall–Kier alpha value is 0.0200. The molecule has 9 heavy (non-hydrogen) atoms. The molecule has 1 aliphatic heterocycles. The molecule has 0 aromatic heterocycles. The lowest BCUT2D eigenvalue weighted by molar-refractivity contribution is -0.114. The van der Waals surface area contributed by atoms with Crippen LogP contribution in [0, 0.1) is 12.8 Å². The monoisotopic (exact) mass is 143 g/mol. The summed E-state index contributed by atoms with van der Waals surface area (Å²) < 4.78 is 0. The first kappa shape index (κ1) is 7.13. The molecule has 0 bridgehead atoms. The number of hydrogen-bond donors (Lipinski definition) is 0. The van der Waals surface area contributed by atoms with Gasteiger partial charge in [-0.25, -0.2) is 0 Å². The summed E-state index contributed by atoms with van der Waals surface area (Å²) in [5.41, 5.74) is 0. The largest absolute Gasteiger partial charge is 0.287 e. The second-order valence-electron chi connectivity index (χ2n) is 2.30. The average molecular weight is 143 g/mol. The van der Waals surface area contributed by atoms with Crippen LogP contribution in [0.3, 0.4) is 0 Å². The van der Waals surface area contributed by atoms with Crippen molar-refractivity contribution in [2.24, 2.45) is 5.92 Å². The molecule has 0 N–H and O–H groups in total. The van der Waals surface area contributed by atoms with Gasteiger partial charge in [-0.1, -0.05) is 18.7 Å². The van der Waals surface area contributed by atoms with Crippen molar-refractivity contribution in [3.05, 3.63) is 6.92 Å². The zero-order valence-corrected chi connectivity index (χ0v) is 6.25. The Bertz CT molecular complexity index is 111. The van der Waals surface area contributed by atoms with Crippen molar-refractivity contribution >= 4 is 16.9 Å². The highest BCUT2D eigenvalue weighted by Gasteiger charge is 2.20. The first-order chi connectivity index (χ1) is 4.34. The Labute approximate surface area is 60.2 Å². The smallest absolute Gasteiger partial charge is 0.192 e. The standard InChI is InChI=1S/C7H11OS/c1-2-6-4-3-5-9-7(6)8/h6H,1-5H2. The molecule has 1 nitrogen and oxygen atoms in total. The van der Waals surface area contributed by atoms with Gasteiger partial charge >= 0.3 is 0 Å². The highest BCUT2D eigenvalue weighted by molar-refractivity contribution is 8.13. The average Bonchev–Trinajstić information content (AvgIpc) is 1.89. The van der Waals surface area contributed by atoms with Crippen LogP contribution in [0.25, 0.3) is 0 Å². The minimum Gasteiger partial charge on any atom is -0.287 e. The lowest BCUT2D eigenvalue weighted by atomic mass is 10.0. The molecular weight excluding hydrogens is 132 g/mol. The van der Waals surface area contributed by atoms with E-state index in [1.165, 1.54) is 18.2 Å². The molecule has 0 aromatic carbocycles. The van der Waals surface area contributed by atoms with Gasteiger partial charge in [-0.05, 0) is 19.3 Å². The van der Waals surface area contributed by atoms with Gasteiger partial charge in [-0.2, -0.15) is 0 Å². The zero-order chi connectivity index (χ0) is 6.69. The molecule has 1 heterocycles. The number of rotatable bonds is 1. The van der Waals surface area contributed by atoms with Gasteiger partial charge in [0.05, 0.1) is 0 Å². The Morgan fingerprint density at radius 1 is 1.78 bits per heavy atom. The van der Waals surface area contributed by atoms with Crippen LogP contribution in [-0.4, -0.2) is 10.9 Å². The van der Waals surface area contributed by atoms with Crippen LogP contribution in [-0.2, 0) is 4.79 Å². The molecule has 1 rings (SSSR count). The minimum absolute atomic E-state index is 0.267. The fourth-order valence-electron chi connectivity index (χ4n) is 1.00. The Kier molecular flexibility index (Phi) is 2.58. The van der Waals surface area contributed by atoms with Crippen molar-refractivity contribution in [1.82, 2.24) is 0 Å². The highest BCUT2D eigenvalue weighted by Crippen LogP contribution is 2.26. The number of carbonyl (C=O) groups excluding carboxylic acids is 1. The summed E-state index contributed by atoms with van der Waals surface area (Å²) >= 11 is 1.47. The van der Waals surface area contributed by atoms with Crippen molar-refractivity contribution in [3.63, 3.8) is 0 Å². The van der Waals surface area contributed by atoms with E-state index >= 15 is 0 Å². The van der Waals surface area contributed by atoms with Crippen molar-refractivity contribution in [1.29, 1.82) is 0 Å². The van der Waals surface area contributed by atoms with Gasteiger partial charge < -0.3 is 0 Å². The molecule has 2 heteroatoms. The molecule has 1 fully saturated rings. The maximum atomic E-state index is 10.9. The maximum Gasteiger partial charge on any atom is 0.192 e. The van der Waals surface area contributed by atoms with E-state index in [1.54, 1.807) is 0 Å². The molecule has 0 amide bonds. The quantitative estimate of drug-likeness (QED) is 0.557. The van der Waals surface area contributed by atoms with E-state index in [4.69, 9.17) is 0 Å². The first-order valence-corrected chi connectivity index (χ1v) is 4.29. The van der Waals surface area contributed by atoms with Crippen LogP contribution in [0.5, 0.6) is 0 Å². The van der Waals surface area contributed by atoms with E-state index in [1.807, 2.05) is 0 Å². The zero-order valence-electron chi connectivity index (χ0n) is 5.43. The summed E-state index contributed by atoms with van der Waals surface area (Å²) in [5, 5.41) is 0.358. The van der Waals surface area contributed by atoms with Crippen molar-refractivity contribution in [2.45, 2.75) is 19.3 Å². The van der Waals surface area contributed by atoms with E-state index in [2.05, 4.69) is 6.92 Å². The molecule has 1 aliphatic rings. The summed E-state index contributed by atoms with van der Waals surface area (Å²) in [6, 6.07) is 0. The van der Waals surface area contributed by atoms with Crippen LogP contribution in [0.4, 0.5) is 0 Å². The Balaban J connectivity index is 2.39. The van der Waals surface area contributed by atoms with Crippen molar-refractivity contribution in [3.8, 4) is 0 Å². The number of hydrogen-bond acceptors (Lipinski definition) is 2. The molecule has 0 spiro atoms. The highest BCUT2D eigenvalue weighted by atomic mass is 32.2. The second kappa shape index (κ2) is 3.25. The normalized spacial score (nSPS) is 28.6. The number of thioether (sulfide) groups is 1. The molecule has 0 aromatic rings. The predicted octanol–water partition coefficient (Wildman–Crippen LogP) is 1.88. The van der Waals surface area contributed by atoms with Crippen LogP contribution >= 0.6 is 11.8 Å². The summed E-state index contributed by atoms with van der Waals surface area (Å²) in [5.74, 6) is 1.29. The Morgan fingerprint density at radius 2 is 2.56 bits per heavy atom. The molecule has 1 saturated heterocycles. The minimum atomic E-state index is 0.267. The van der Waals surface area contributed by atoms with Crippen molar-refractivity contribution in [2.75, 3.05) is 5.75 Å². The molecular formula is C7H11OS.